The summed E-state index contributed by atoms with van der Waals surface area (Å²) in [6, 6.07) is 0.438. The normalized spacial score (nSPS) is 14.0. The zero-order valence-corrected chi connectivity index (χ0v) is 10.8. The summed E-state index contributed by atoms with van der Waals surface area (Å²) in [4.78, 5) is 4.49. The first-order chi connectivity index (χ1) is 6.86. The summed E-state index contributed by atoms with van der Waals surface area (Å²) in [6.45, 7) is 14.0. The molecule has 0 spiro atoms. The number of hydrogen-bond donors (Lipinski definition) is 1. The molecule has 1 aromatic heterocycles. The highest BCUT2D eigenvalue weighted by atomic mass is 15.2. The third-order valence-electron chi connectivity index (χ3n) is 2.86. The molecule has 3 heteroatoms. The van der Waals surface area contributed by atoms with Gasteiger partial charge in [0.15, 0.2) is 0 Å². The van der Waals surface area contributed by atoms with Gasteiger partial charge in [0.05, 0.1) is 5.69 Å². The van der Waals surface area contributed by atoms with Gasteiger partial charge in [-0.05, 0) is 26.2 Å². The molecular weight excluding hydrogens is 186 g/mol. The van der Waals surface area contributed by atoms with Gasteiger partial charge < -0.3 is 9.88 Å². The Balaban J connectivity index is 3.02. The number of anilines is 1. The molecule has 1 aromatic rings. The molecule has 1 atom stereocenters. The van der Waals surface area contributed by atoms with Gasteiger partial charge in [-0.1, -0.05) is 20.8 Å². The van der Waals surface area contributed by atoms with Crippen LogP contribution in [0.15, 0.2) is 6.20 Å². The summed E-state index contributed by atoms with van der Waals surface area (Å²) in [6.07, 6.45) is 2.12. The van der Waals surface area contributed by atoms with E-state index in [0.29, 0.717) is 6.04 Å². The maximum absolute atomic E-state index is 4.49. The van der Waals surface area contributed by atoms with Crippen LogP contribution in [0.25, 0.3) is 0 Å². The monoisotopic (exact) mass is 209 g/mol. The minimum atomic E-state index is 0.247. The first kappa shape index (κ1) is 12.1. The Morgan fingerprint density at radius 1 is 1.47 bits per heavy atom. The zero-order valence-electron chi connectivity index (χ0n) is 10.8. The Hall–Kier alpha value is -0.990. The standard InChI is InChI=1S/C12H23N3/c1-7-13-11-14-9(2)8-15(11)10(3)12(4,5)6/h8,10H,7H2,1-6H3,(H,13,14). The van der Waals surface area contributed by atoms with Crippen molar-refractivity contribution in [3.05, 3.63) is 11.9 Å². The van der Waals surface area contributed by atoms with Gasteiger partial charge in [-0.25, -0.2) is 4.98 Å². The highest BCUT2D eigenvalue weighted by Gasteiger charge is 2.23. The summed E-state index contributed by atoms with van der Waals surface area (Å²) in [5.74, 6) is 0.984. The van der Waals surface area contributed by atoms with Crippen LogP contribution in [0.1, 0.15) is 46.4 Å². The van der Waals surface area contributed by atoms with E-state index in [2.05, 4.69) is 55.7 Å². The molecule has 1 rings (SSSR count). The van der Waals surface area contributed by atoms with Crippen molar-refractivity contribution < 1.29 is 0 Å². The highest BCUT2D eigenvalue weighted by molar-refractivity contribution is 5.29. The van der Waals surface area contributed by atoms with Gasteiger partial charge in [-0.15, -0.1) is 0 Å². The van der Waals surface area contributed by atoms with Crippen LogP contribution in [-0.4, -0.2) is 16.1 Å². The third kappa shape index (κ3) is 2.74. The lowest BCUT2D eigenvalue weighted by Gasteiger charge is -2.29. The van der Waals surface area contributed by atoms with E-state index in [1.807, 2.05) is 6.92 Å². The van der Waals surface area contributed by atoms with Gasteiger partial charge >= 0.3 is 0 Å². The molecule has 0 aliphatic rings. The van der Waals surface area contributed by atoms with Gasteiger partial charge in [-0.3, -0.25) is 0 Å². The predicted molar refractivity (Wildman–Crippen MR) is 65.3 cm³/mol. The van der Waals surface area contributed by atoms with Crippen molar-refractivity contribution in [2.75, 3.05) is 11.9 Å². The molecule has 1 heterocycles. The number of aryl methyl sites for hydroxylation is 1. The molecule has 1 unspecified atom stereocenters. The first-order valence-electron chi connectivity index (χ1n) is 5.65. The van der Waals surface area contributed by atoms with Gasteiger partial charge in [0.2, 0.25) is 5.95 Å². The number of aromatic nitrogens is 2. The lowest BCUT2D eigenvalue weighted by atomic mass is 9.88. The van der Waals surface area contributed by atoms with Crippen molar-refractivity contribution in [1.82, 2.24) is 9.55 Å². The van der Waals surface area contributed by atoms with Crippen molar-refractivity contribution in [1.29, 1.82) is 0 Å². The molecule has 0 aromatic carbocycles. The topological polar surface area (TPSA) is 29.9 Å². The maximum Gasteiger partial charge on any atom is 0.203 e. The van der Waals surface area contributed by atoms with E-state index in [1.54, 1.807) is 0 Å². The van der Waals surface area contributed by atoms with Crippen molar-refractivity contribution >= 4 is 5.95 Å². The fraction of sp³-hybridized carbons (Fsp3) is 0.750. The molecule has 3 nitrogen and oxygen atoms in total. The largest absolute Gasteiger partial charge is 0.356 e. The SMILES string of the molecule is CCNc1nc(C)cn1C(C)C(C)(C)C. The quantitative estimate of drug-likeness (QED) is 0.828. The van der Waals surface area contributed by atoms with Crippen molar-refractivity contribution in [3.8, 4) is 0 Å². The van der Waals surface area contributed by atoms with Crippen LogP contribution in [-0.2, 0) is 0 Å². The zero-order chi connectivity index (χ0) is 11.6. The van der Waals surface area contributed by atoms with Gasteiger partial charge in [0, 0.05) is 18.8 Å². The second kappa shape index (κ2) is 4.25. The van der Waals surface area contributed by atoms with E-state index in [4.69, 9.17) is 0 Å². The number of nitrogens with one attached hydrogen (secondary N) is 1. The molecule has 0 saturated carbocycles. The maximum atomic E-state index is 4.49. The van der Waals surface area contributed by atoms with Crippen LogP contribution in [0.2, 0.25) is 0 Å². The molecule has 0 aliphatic heterocycles. The smallest absolute Gasteiger partial charge is 0.203 e. The van der Waals surface area contributed by atoms with Crippen LogP contribution < -0.4 is 5.32 Å². The highest BCUT2D eigenvalue weighted by Crippen LogP contribution is 2.32. The van der Waals surface area contributed by atoms with E-state index >= 15 is 0 Å². The van der Waals surface area contributed by atoms with Crippen LogP contribution in [0, 0.1) is 12.3 Å². The average molecular weight is 209 g/mol. The lowest BCUT2D eigenvalue weighted by Crippen LogP contribution is -2.22. The minimum absolute atomic E-state index is 0.247. The number of hydrogen-bond acceptors (Lipinski definition) is 2. The predicted octanol–water partition coefficient (Wildman–Crippen LogP) is 3.23. The number of nitrogens with zero attached hydrogens (tertiary/aromatic N) is 2. The van der Waals surface area contributed by atoms with E-state index in [1.165, 1.54) is 0 Å². The second-order valence-electron chi connectivity index (χ2n) is 5.19. The van der Waals surface area contributed by atoms with Gasteiger partial charge in [0.25, 0.3) is 0 Å². The first-order valence-corrected chi connectivity index (χ1v) is 5.65. The summed E-state index contributed by atoms with van der Waals surface area (Å²) in [5.41, 5.74) is 1.32. The Bertz CT molecular complexity index is 320. The summed E-state index contributed by atoms with van der Waals surface area (Å²) >= 11 is 0. The molecule has 0 radical (unpaired) electrons. The molecule has 0 saturated heterocycles. The van der Waals surface area contributed by atoms with E-state index < -0.39 is 0 Å². The van der Waals surface area contributed by atoms with E-state index in [0.717, 1.165) is 18.2 Å². The Labute approximate surface area is 92.9 Å². The lowest BCUT2D eigenvalue weighted by molar-refractivity contribution is 0.264. The van der Waals surface area contributed by atoms with Crippen molar-refractivity contribution in [2.45, 2.75) is 47.6 Å². The third-order valence-corrected chi connectivity index (χ3v) is 2.86. The minimum Gasteiger partial charge on any atom is -0.356 e. The Morgan fingerprint density at radius 2 is 2.07 bits per heavy atom. The Morgan fingerprint density at radius 3 is 2.53 bits per heavy atom. The van der Waals surface area contributed by atoms with Gasteiger partial charge in [0.1, 0.15) is 0 Å². The van der Waals surface area contributed by atoms with Crippen LogP contribution in [0.3, 0.4) is 0 Å². The second-order valence-corrected chi connectivity index (χ2v) is 5.19. The summed E-state index contributed by atoms with van der Waals surface area (Å²) in [5, 5.41) is 3.30. The average Bonchev–Trinajstić information content (AvgIpc) is 2.44. The molecule has 1 N–H and O–H groups in total. The van der Waals surface area contributed by atoms with E-state index in [9.17, 15) is 0 Å². The molecule has 0 bridgehead atoms. The van der Waals surface area contributed by atoms with Gasteiger partial charge in [-0.2, -0.15) is 0 Å². The van der Waals surface area contributed by atoms with E-state index in [-0.39, 0.29) is 5.41 Å². The fourth-order valence-electron chi connectivity index (χ4n) is 1.52. The molecule has 86 valence electrons. The molecular formula is C12H23N3. The molecule has 15 heavy (non-hydrogen) atoms. The van der Waals surface area contributed by atoms with Crippen LogP contribution in [0.4, 0.5) is 5.95 Å². The van der Waals surface area contributed by atoms with Crippen LogP contribution >= 0.6 is 0 Å². The van der Waals surface area contributed by atoms with Crippen LogP contribution in [0.5, 0.6) is 0 Å². The van der Waals surface area contributed by atoms with Crippen molar-refractivity contribution in [2.24, 2.45) is 5.41 Å². The molecule has 0 fully saturated rings. The number of imidazole rings is 1. The van der Waals surface area contributed by atoms with Crippen molar-refractivity contribution in [3.63, 3.8) is 0 Å². The summed E-state index contributed by atoms with van der Waals surface area (Å²) < 4.78 is 2.23. The fourth-order valence-corrected chi connectivity index (χ4v) is 1.52. The summed E-state index contributed by atoms with van der Waals surface area (Å²) in [7, 11) is 0. The Kier molecular flexibility index (Phi) is 3.42. The molecule has 0 amide bonds. The number of rotatable bonds is 3. The molecule has 0 aliphatic carbocycles.